The number of hydrogen-bond donors (Lipinski definition) is 2. The second-order valence-corrected chi connectivity index (χ2v) is 5.84. The molecule has 4 rings (SSSR count). The molecule has 2 N–H and O–H groups in total. The van der Waals surface area contributed by atoms with Gasteiger partial charge in [-0.1, -0.05) is 30.3 Å². The highest BCUT2D eigenvalue weighted by Crippen LogP contribution is 2.25. The Morgan fingerprint density at radius 2 is 2.04 bits per heavy atom. The number of hydrogen-bond acceptors (Lipinski definition) is 4. The number of aryl methyl sites for hydroxylation is 1. The van der Waals surface area contributed by atoms with Gasteiger partial charge >= 0.3 is 0 Å². The number of fused-ring (bicyclic) bond motifs is 1. The molecule has 0 aliphatic carbocycles. The Morgan fingerprint density at radius 1 is 1.15 bits per heavy atom. The summed E-state index contributed by atoms with van der Waals surface area (Å²) in [4.78, 5) is 17.0. The average Bonchev–Trinajstić information content (AvgIpc) is 2.97. The molecule has 1 aliphatic heterocycles. The summed E-state index contributed by atoms with van der Waals surface area (Å²) in [5, 5.41) is 9.87. The van der Waals surface area contributed by atoms with E-state index < -0.39 is 0 Å². The zero-order valence-corrected chi connectivity index (χ0v) is 14.1. The Morgan fingerprint density at radius 3 is 2.88 bits per heavy atom. The Hall–Kier alpha value is -3.67. The van der Waals surface area contributed by atoms with Gasteiger partial charge in [-0.15, -0.1) is 0 Å². The summed E-state index contributed by atoms with van der Waals surface area (Å²) in [6.45, 7) is 1.84. The second-order valence-electron chi connectivity index (χ2n) is 5.84. The van der Waals surface area contributed by atoms with Crippen molar-refractivity contribution < 1.29 is 9.53 Å². The average molecular weight is 344 g/mol. The fourth-order valence-corrected chi connectivity index (χ4v) is 2.66. The molecule has 0 saturated carbocycles. The summed E-state index contributed by atoms with van der Waals surface area (Å²) >= 11 is 0. The molecule has 6 nitrogen and oxygen atoms in total. The first-order valence-corrected chi connectivity index (χ1v) is 8.14. The van der Waals surface area contributed by atoms with E-state index in [9.17, 15) is 4.79 Å². The second kappa shape index (κ2) is 6.68. The van der Waals surface area contributed by atoms with Crippen molar-refractivity contribution in [1.29, 1.82) is 0 Å². The number of carbonyl (C=O) groups excluding carboxylic acids is 1. The van der Waals surface area contributed by atoms with Gasteiger partial charge in [0.05, 0.1) is 6.26 Å². The minimum absolute atomic E-state index is 0.218. The van der Waals surface area contributed by atoms with E-state index in [-0.39, 0.29) is 5.91 Å². The van der Waals surface area contributed by atoms with Gasteiger partial charge < -0.3 is 10.1 Å². The molecule has 2 heterocycles. The summed E-state index contributed by atoms with van der Waals surface area (Å²) in [6, 6.07) is 15.0. The highest BCUT2D eigenvalue weighted by Gasteiger charge is 2.13. The SMILES string of the molecule is Cc1nc(-c2cccc(NC(=O)C3=Cc4ccccc4OC=C3)c2)n[nH]1. The van der Waals surface area contributed by atoms with Crippen LogP contribution in [-0.2, 0) is 4.79 Å². The number of benzene rings is 2. The molecule has 6 heteroatoms. The predicted molar refractivity (Wildman–Crippen MR) is 99.4 cm³/mol. The number of aromatic amines is 1. The molecule has 1 aliphatic rings. The predicted octanol–water partition coefficient (Wildman–Crippen LogP) is 3.71. The minimum atomic E-state index is -0.218. The molecule has 0 fully saturated rings. The maximum atomic E-state index is 12.7. The Labute approximate surface area is 150 Å². The number of carbonyl (C=O) groups is 1. The maximum absolute atomic E-state index is 12.7. The number of rotatable bonds is 3. The van der Waals surface area contributed by atoms with E-state index in [0.717, 1.165) is 17.0 Å². The van der Waals surface area contributed by atoms with Gasteiger partial charge in [0.25, 0.3) is 5.91 Å². The lowest BCUT2D eigenvalue weighted by Crippen LogP contribution is -2.13. The van der Waals surface area contributed by atoms with E-state index in [1.54, 1.807) is 12.2 Å². The highest BCUT2D eigenvalue weighted by atomic mass is 16.5. The fraction of sp³-hybridized carbons (Fsp3) is 0.0500. The Bertz CT molecular complexity index is 1030. The molecule has 26 heavy (non-hydrogen) atoms. The standard InChI is InChI=1S/C20H16N4O2/c1-13-21-19(24-23-13)15-6-4-7-17(12-15)22-20(25)16-9-10-26-18-8-3-2-5-14(18)11-16/h2-12H,1H3,(H,22,25)(H,21,23,24). The van der Waals surface area contributed by atoms with Gasteiger partial charge in [0.2, 0.25) is 0 Å². The molecular formula is C20H16N4O2. The van der Waals surface area contributed by atoms with E-state index in [1.165, 1.54) is 6.26 Å². The van der Waals surface area contributed by atoms with E-state index in [1.807, 2.05) is 55.5 Å². The summed E-state index contributed by atoms with van der Waals surface area (Å²) in [5.41, 5.74) is 2.86. The molecule has 0 saturated heterocycles. The Balaban J connectivity index is 1.58. The van der Waals surface area contributed by atoms with Crippen LogP contribution in [0, 0.1) is 6.92 Å². The molecule has 3 aromatic rings. The molecule has 0 radical (unpaired) electrons. The smallest absolute Gasteiger partial charge is 0.255 e. The van der Waals surface area contributed by atoms with Crippen molar-refractivity contribution in [2.24, 2.45) is 0 Å². The maximum Gasteiger partial charge on any atom is 0.255 e. The first-order chi connectivity index (χ1) is 12.7. The number of nitrogens with zero attached hydrogens (tertiary/aromatic N) is 2. The van der Waals surface area contributed by atoms with Gasteiger partial charge in [-0.25, -0.2) is 4.98 Å². The van der Waals surface area contributed by atoms with Gasteiger partial charge in [0.15, 0.2) is 5.82 Å². The number of nitrogens with one attached hydrogen (secondary N) is 2. The van der Waals surface area contributed by atoms with Crippen molar-refractivity contribution in [3.63, 3.8) is 0 Å². The van der Waals surface area contributed by atoms with E-state index >= 15 is 0 Å². The summed E-state index contributed by atoms with van der Waals surface area (Å²) in [5.74, 6) is 1.83. The third-order valence-corrected chi connectivity index (χ3v) is 3.91. The van der Waals surface area contributed by atoms with Crippen LogP contribution in [0.5, 0.6) is 5.75 Å². The Kier molecular flexibility index (Phi) is 4.07. The number of anilines is 1. The molecule has 128 valence electrons. The number of ether oxygens (including phenoxy) is 1. The summed E-state index contributed by atoms with van der Waals surface area (Å²) in [7, 11) is 0. The molecule has 0 unspecified atom stereocenters. The minimum Gasteiger partial charge on any atom is -0.464 e. The zero-order valence-electron chi connectivity index (χ0n) is 14.1. The number of amides is 1. The number of H-pyrrole nitrogens is 1. The van der Waals surface area contributed by atoms with E-state index in [0.29, 0.717) is 22.8 Å². The summed E-state index contributed by atoms with van der Waals surface area (Å²) in [6.07, 6.45) is 4.97. The highest BCUT2D eigenvalue weighted by molar-refractivity contribution is 6.09. The van der Waals surface area contributed by atoms with Crippen molar-refractivity contribution in [3.8, 4) is 17.1 Å². The van der Waals surface area contributed by atoms with Crippen LogP contribution in [0.15, 0.2) is 66.4 Å². The number of para-hydroxylation sites is 1. The van der Waals surface area contributed by atoms with Crippen LogP contribution in [0.3, 0.4) is 0 Å². The van der Waals surface area contributed by atoms with Crippen molar-refractivity contribution in [3.05, 3.63) is 77.8 Å². The van der Waals surface area contributed by atoms with Crippen LogP contribution in [0.4, 0.5) is 5.69 Å². The van der Waals surface area contributed by atoms with Gasteiger partial charge in [-0.2, -0.15) is 5.10 Å². The first kappa shape index (κ1) is 15.8. The molecule has 1 amide bonds. The summed E-state index contributed by atoms with van der Waals surface area (Å²) < 4.78 is 5.53. The molecular weight excluding hydrogens is 328 g/mol. The van der Waals surface area contributed by atoms with Crippen molar-refractivity contribution in [2.75, 3.05) is 5.32 Å². The first-order valence-electron chi connectivity index (χ1n) is 8.14. The third-order valence-electron chi connectivity index (χ3n) is 3.91. The van der Waals surface area contributed by atoms with Crippen LogP contribution in [-0.4, -0.2) is 21.1 Å². The lowest BCUT2D eigenvalue weighted by Gasteiger charge is -2.07. The van der Waals surface area contributed by atoms with Gasteiger partial charge in [0, 0.05) is 22.4 Å². The normalized spacial score (nSPS) is 12.6. The molecule has 2 aromatic carbocycles. The van der Waals surface area contributed by atoms with Crippen molar-refractivity contribution >= 4 is 17.7 Å². The van der Waals surface area contributed by atoms with E-state index in [4.69, 9.17) is 4.74 Å². The largest absolute Gasteiger partial charge is 0.464 e. The van der Waals surface area contributed by atoms with Crippen molar-refractivity contribution in [2.45, 2.75) is 6.92 Å². The molecule has 0 atom stereocenters. The zero-order chi connectivity index (χ0) is 17.9. The van der Waals surface area contributed by atoms with Gasteiger partial charge in [-0.05, 0) is 37.3 Å². The lowest BCUT2D eigenvalue weighted by atomic mass is 10.1. The monoisotopic (exact) mass is 344 g/mol. The number of aromatic nitrogens is 3. The molecule has 1 aromatic heterocycles. The quantitative estimate of drug-likeness (QED) is 0.759. The lowest BCUT2D eigenvalue weighted by molar-refractivity contribution is -0.112. The van der Waals surface area contributed by atoms with Gasteiger partial charge in [0.1, 0.15) is 11.6 Å². The van der Waals surface area contributed by atoms with Crippen LogP contribution in [0.2, 0.25) is 0 Å². The van der Waals surface area contributed by atoms with Crippen LogP contribution in [0.1, 0.15) is 11.4 Å². The fourth-order valence-electron chi connectivity index (χ4n) is 2.66. The molecule has 0 spiro atoms. The van der Waals surface area contributed by atoms with E-state index in [2.05, 4.69) is 20.5 Å². The van der Waals surface area contributed by atoms with Crippen LogP contribution < -0.4 is 10.1 Å². The van der Waals surface area contributed by atoms with Gasteiger partial charge in [-0.3, -0.25) is 9.89 Å². The van der Waals surface area contributed by atoms with Crippen molar-refractivity contribution in [1.82, 2.24) is 15.2 Å². The van der Waals surface area contributed by atoms with Crippen LogP contribution >= 0.6 is 0 Å². The van der Waals surface area contributed by atoms with Crippen LogP contribution in [0.25, 0.3) is 17.5 Å². The topological polar surface area (TPSA) is 79.9 Å². The molecule has 0 bridgehead atoms. The third kappa shape index (κ3) is 3.25.